The predicted octanol–water partition coefficient (Wildman–Crippen LogP) is -1.56. The Labute approximate surface area is 130 Å². The Bertz CT molecular complexity index is 692. The molecule has 2 aromatic rings. The summed E-state index contributed by atoms with van der Waals surface area (Å²) in [5.41, 5.74) is 0.861. The molecule has 2 aromatic heterocycles. The van der Waals surface area contributed by atoms with Gasteiger partial charge in [-0.2, -0.15) is 0 Å². The third-order valence-electron chi connectivity index (χ3n) is 3.70. The van der Waals surface area contributed by atoms with Gasteiger partial charge >= 0.3 is 0 Å². The molecule has 23 heavy (non-hydrogen) atoms. The van der Waals surface area contributed by atoms with Crippen LogP contribution in [0.25, 0.3) is 11.2 Å². The molecule has 0 radical (unpaired) electrons. The predicted molar refractivity (Wildman–Crippen MR) is 77.5 cm³/mol. The number of nitrogens with one attached hydrogen (secondary N) is 1. The molecule has 3 heterocycles. The molecular weight excluding hydrogens is 306 g/mol. The van der Waals surface area contributed by atoms with Crippen LogP contribution in [0.2, 0.25) is 0 Å². The van der Waals surface area contributed by atoms with E-state index in [2.05, 4.69) is 20.3 Å². The van der Waals surface area contributed by atoms with Crippen molar-refractivity contribution < 1.29 is 24.9 Å². The SMILES string of the molecule is O=CCCNc1ncnc2c1ncn2C1O[C@H](CO)[C@@H](O)[C@H]1O. The van der Waals surface area contributed by atoms with Crippen molar-refractivity contribution in [3.8, 4) is 0 Å². The Balaban J connectivity index is 1.91. The number of nitrogens with zero attached hydrogens (tertiary/aromatic N) is 4. The Morgan fingerprint density at radius 3 is 2.83 bits per heavy atom. The summed E-state index contributed by atoms with van der Waals surface area (Å²) >= 11 is 0. The number of carbonyl (C=O) groups is 1. The van der Waals surface area contributed by atoms with Crippen molar-refractivity contribution in [3.05, 3.63) is 12.7 Å². The monoisotopic (exact) mass is 323 g/mol. The summed E-state index contributed by atoms with van der Waals surface area (Å²) in [5, 5.41) is 32.1. The number of ether oxygens (including phenoxy) is 1. The molecule has 1 aliphatic heterocycles. The highest BCUT2D eigenvalue weighted by atomic mass is 16.6. The fraction of sp³-hybridized carbons (Fsp3) is 0.538. The number of hydrogen-bond donors (Lipinski definition) is 4. The highest BCUT2D eigenvalue weighted by Gasteiger charge is 2.43. The largest absolute Gasteiger partial charge is 0.394 e. The van der Waals surface area contributed by atoms with Crippen LogP contribution in [-0.4, -0.2) is 72.6 Å². The summed E-state index contributed by atoms with van der Waals surface area (Å²) in [6.07, 6.45) is -0.329. The molecule has 0 amide bonds. The zero-order chi connectivity index (χ0) is 16.4. The summed E-state index contributed by atoms with van der Waals surface area (Å²) in [4.78, 5) is 22.8. The minimum absolute atomic E-state index is 0.334. The fourth-order valence-electron chi connectivity index (χ4n) is 2.53. The molecule has 10 heteroatoms. The Kier molecular flexibility index (Phi) is 4.48. The number of carbonyl (C=O) groups excluding carboxylic acids is 1. The van der Waals surface area contributed by atoms with E-state index in [0.717, 1.165) is 6.29 Å². The van der Waals surface area contributed by atoms with Crippen LogP contribution in [0.15, 0.2) is 12.7 Å². The van der Waals surface area contributed by atoms with Gasteiger partial charge in [-0.3, -0.25) is 4.57 Å². The van der Waals surface area contributed by atoms with E-state index < -0.39 is 31.1 Å². The van der Waals surface area contributed by atoms with E-state index in [0.29, 0.717) is 29.9 Å². The average Bonchev–Trinajstić information content (AvgIpc) is 3.11. The topological polar surface area (TPSA) is 143 Å². The van der Waals surface area contributed by atoms with Crippen LogP contribution in [0, 0.1) is 0 Å². The third kappa shape index (κ3) is 2.77. The maximum Gasteiger partial charge on any atom is 0.167 e. The van der Waals surface area contributed by atoms with E-state index in [1.54, 1.807) is 0 Å². The molecule has 1 fully saturated rings. The molecule has 1 aliphatic rings. The van der Waals surface area contributed by atoms with Crippen LogP contribution in [0.3, 0.4) is 0 Å². The Morgan fingerprint density at radius 1 is 1.30 bits per heavy atom. The first-order valence-electron chi connectivity index (χ1n) is 7.15. The molecule has 4 N–H and O–H groups in total. The van der Waals surface area contributed by atoms with Crippen molar-refractivity contribution in [3.63, 3.8) is 0 Å². The summed E-state index contributed by atoms with van der Waals surface area (Å²) in [6.45, 7) is 0.00513. The fourth-order valence-corrected chi connectivity index (χ4v) is 2.53. The second-order valence-corrected chi connectivity index (χ2v) is 5.16. The number of rotatable bonds is 6. The van der Waals surface area contributed by atoms with Gasteiger partial charge < -0.3 is 30.2 Å². The third-order valence-corrected chi connectivity index (χ3v) is 3.70. The van der Waals surface area contributed by atoms with Gasteiger partial charge in [0.05, 0.1) is 12.9 Å². The van der Waals surface area contributed by atoms with Gasteiger partial charge in [0, 0.05) is 13.0 Å². The minimum Gasteiger partial charge on any atom is -0.394 e. The number of imidazole rings is 1. The van der Waals surface area contributed by atoms with Crippen LogP contribution in [0.4, 0.5) is 5.82 Å². The van der Waals surface area contributed by atoms with Crippen molar-refractivity contribution >= 4 is 23.3 Å². The summed E-state index contributed by atoms with van der Waals surface area (Å²) in [7, 11) is 0. The van der Waals surface area contributed by atoms with E-state index in [1.165, 1.54) is 17.2 Å². The lowest BCUT2D eigenvalue weighted by molar-refractivity contribution is -0.107. The standard InChI is InChI=1S/C13H17N5O5/c19-3-1-2-14-11-8-12(16-5-15-11)18(6-17-8)13-10(22)9(21)7(4-20)23-13/h3,5-7,9-10,13,20-22H,1-2,4H2,(H,14,15,16)/t7-,9-,10-,13?/m1/s1. The van der Waals surface area contributed by atoms with E-state index in [-0.39, 0.29) is 0 Å². The quantitative estimate of drug-likeness (QED) is 0.366. The first-order chi connectivity index (χ1) is 11.2. The van der Waals surface area contributed by atoms with E-state index in [9.17, 15) is 15.0 Å². The molecule has 1 unspecified atom stereocenters. The number of aromatic nitrogens is 4. The molecule has 0 bridgehead atoms. The lowest BCUT2D eigenvalue weighted by atomic mass is 10.1. The number of fused-ring (bicyclic) bond motifs is 1. The van der Waals surface area contributed by atoms with Gasteiger partial charge in [-0.25, -0.2) is 15.0 Å². The van der Waals surface area contributed by atoms with Gasteiger partial charge in [-0.05, 0) is 0 Å². The summed E-state index contributed by atoms with van der Waals surface area (Å²) < 4.78 is 6.95. The Hall–Kier alpha value is -2.14. The summed E-state index contributed by atoms with van der Waals surface area (Å²) in [5.74, 6) is 0.461. The highest BCUT2D eigenvalue weighted by molar-refractivity contribution is 5.82. The van der Waals surface area contributed by atoms with Gasteiger partial charge in [0.25, 0.3) is 0 Å². The number of aliphatic hydroxyl groups excluding tert-OH is 3. The number of anilines is 1. The molecule has 0 aromatic carbocycles. The normalized spacial score (nSPS) is 27.4. The molecule has 3 rings (SSSR count). The van der Waals surface area contributed by atoms with Crippen molar-refractivity contribution in [2.24, 2.45) is 0 Å². The highest BCUT2D eigenvalue weighted by Crippen LogP contribution is 2.31. The van der Waals surface area contributed by atoms with Gasteiger partial charge in [0.1, 0.15) is 30.9 Å². The molecule has 124 valence electrons. The van der Waals surface area contributed by atoms with Gasteiger partial charge in [-0.1, -0.05) is 0 Å². The maximum absolute atomic E-state index is 10.4. The van der Waals surface area contributed by atoms with Crippen LogP contribution in [0.5, 0.6) is 0 Å². The van der Waals surface area contributed by atoms with Gasteiger partial charge in [0.2, 0.25) is 0 Å². The zero-order valence-electron chi connectivity index (χ0n) is 12.1. The van der Waals surface area contributed by atoms with Crippen molar-refractivity contribution in [1.29, 1.82) is 0 Å². The Morgan fingerprint density at radius 2 is 2.13 bits per heavy atom. The molecule has 4 atom stereocenters. The molecule has 0 saturated carbocycles. The molecule has 0 spiro atoms. The number of aliphatic hydroxyl groups is 3. The van der Waals surface area contributed by atoms with Crippen LogP contribution >= 0.6 is 0 Å². The lowest BCUT2D eigenvalue weighted by Gasteiger charge is -2.16. The molecule has 1 saturated heterocycles. The number of hydrogen-bond acceptors (Lipinski definition) is 9. The van der Waals surface area contributed by atoms with Crippen LogP contribution in [-0.2, 0) is 9.53 Å². The van der Waals surface area contributed by atoms with E-state index >= 15 is 0 Å². The maximum atomic E-state index is 10.4. The van der Waals surface area contributed by atoms with E-state index in [4.69, 9.17) is 9.84 Å². The molecule has 0 aliphatic carbocycles. The molecule has 10 nitrogen and oxygen atoms in total. The van der Waals surface area contributed by atoms with Gasteiger partial charge in [-0.15, -0.1) is 0 Å². The second kappa shape index (κ2) is 6.54. The zero-order valence-corrected chi connectivity index (χ0v) is 12.1. The second-order valence-electron chi connectivity index (χ2n) is 5.16. The van der Waals surface area contributed by atoms with E-state index in [1.807, 2.05) is 0 Å². The molecular formula is C13H17N5O5. The van der Waals surface area contributed by atoms with Crippen LogP contribution in [0.1, 0.15) is 12.6 Å². The first kappa shape index (κ1) is 15.7. The van der Waals surface area contributed by atoms with Crippen molar-refractivity contribution in [2.45, 2.75) is 31.0 Å². The first-order valence-corrected chi connectivity index (χ1v) is 7.15. The number of aldehydes is 1. The van der Waals surface area contributed by atoms with Crippen LogP contribution < -0.4 is 5.32 Å². The summed E-state index contributed by atoms with van der Waals surface area (Å²) in [6, 6.07) is 0. The van der Waals surface area contributed by atoms with Crippen molar-refractivity contribution in [2.75, 3.05) is 18.5 Å². The lowest BCUT2D eigenvalue weighted by Crippen LogP contribution is -2.33. The van der Waals surface area contributed by atoms with Gasteiger partial charge in [0.15, 0.2) is 23.2 Å². The minimum atomic E-state index is -1.22. The van der Waals surface area contributed by atoms with Crippen molar-refractivity contribution in [1.82, 2.24) is 19.5 Å². The average molecular weight is 323 g/mol. The smallest absolute Gasteiger partial charge is 0.167 e.